The van der Waals surface area contributed by atoms with Crippen LogP contribution in [-0.4, -0.2) is 30.7 Å². The van der Waals surface area contributed by atoms with E-state index in [1.807, 2.05) is 4.98 Å². The number of aromatic nitrogens is 4. The van der Waals surface area contributed by atoms with E-state index in [1.165, 1.54) is 0 Å². The topological polar surface area (TPSA) is 120 Å². The summed E-state index contributed by atoms with van der Waals surface area (Å²) in [4.78, 5) is 36.6. The molecular weight excluding hydrogens is 192 g/mol. The Kier molecular flexibility index (Phi) is 1.50. The molecule has 2 heterocycles. The maximum Gasteiger partial charge on any atom is 0.352 e. The van der Waals surface area contributed by atoms with Gasteiger partial charge in [0.05, 0.1) is 6.20 Å². The van der Waals surface area contributed by atoms with Crippen LogP contribution in [0.1, 0.15) is 10.4 Å². The van der Waals surface area contributed by atoms with Gasteiger partial charge in [0.25, 0.3) is 0 Å². The molecule has 8 heteroatoms. The fourth-order valence-electron chi connectivity index (χ4n) is 1.07. The molecule has 0 fully saturated rings. The molecule has 72 valence electrons. The van der Waals surface area contributed by atoms with E-state index >= 15 is 0 Å². The van der Waals surface area contributed by atoms with Crippen LogP contribution in [0.4, 0.5) is 0 Å². The van der Waals surface area contributed by atoms with Gasteiger partial charge in [-0.3, -0.25) is 9.97 Å². The first-order chi connectivity index (χ1) is 6.59. The number of H-pyrrole nitrogens is 2. The number of aromatic amines is 2. The number of aromatic carboxylic acids is 1. The number of nitrogens with one attached hydrogen (secondary N) is 2. The van der Waals surface area contributed by atoms with Crippen LogP contribution in [0, 0.1) is 0 Å². The first-order valence-corrected chi connectivity index (χ1v) is 3.53. The summed E-state index contributed by atoms with van der Waals surface area (Å²) in [7, 11) is 0. The Bertz CT molecular complexity index is 619. The minimum atomic E-state index is -1.26. The first-order valence-electron chi connectivity index (χ1n) is 3.53. The molecule has 8 nitrogen and oxygen atoms in total. The predicted molar refractivity (Wildman–Crippen MR) is 43.4 cm³/mol. The van der Waals surface area contributed by atoms with Crippen molar-refractivity contribution in [3.63, 3.8) is 0 Å². The van der Waals surface area contributed by atoms with E-state index in [1.54, 1.807) is 0 Å². The fourth-order valence-corrected chi connectivity index (χ4v) is 1.07. The van der Waals surface area contributed by atoms with Gasteiger partial charge in [-0.25, -0.2) is 14.4 Å². The Hall–Kier alpha value is -2.38. The average molecular weight is 196 g/mol. The Morgan fingerprint density at radius 2 is 2.14 bits per heavy atom. The monoisotopic (exact) mass is 196 g/mol. The molecule has 0 aromatic carbocycles. The van der Waals surface area contributed by atoms with Crippen LogP contribution in [-0.2, 0) is 0 Å². The van der Waals surface area contributed by atoms with Gasteiger partial charge in [-0.1, -0.05) is 0 Å². The van der Waals surface area contributed by atoms with Crippen LogP contribution >= 0.6 is 0 Å². The predicted octanol–water partition coefficient (Wildman–Crippen LogP) is -1.59. The summed E-state index contributed by atoms with van der Waals surface area (Å²) >= 11 is 0. The number of carboxylic acids is 1. The molecule has 0 aliphatic rings. The van der Waals surface area contributed by atoms with Crippen molar-refractivity contribution < 1.29 is 9.90 Å². The van der Waals surface area contributed by atoms with Gasteiger partial charge >= 0.3 is 17.3 Å². The summed E-state index contributed by atoms with van der Waals surface area (Å²) < 4.78 is 0.769. The second-order valence-electron chi connectivity index (χ2n) is 2.51. The maximum absolute atomic E-state index is 11.1. The van der Waals surface area contributed by atoms with Crippen LogP contribution in [0.5, 0.6) is 0 Å². The van der Waals surface area contributed by atoms with Crippen molar-refractivity contribution in [3.8, 4) is 0 Å². The van der Waals surface area contributed by atoms with Gasteiger partial charge in [0, 0.05) is 0 Å². The highest BCUT2D eigenvalue weighted by Crippen LogP contribution is 2.02. The van der Waals surface area contributed by atoms with Crippen molar-refractivity contribution in [1.29, 1.82) is 0 Å². The third kappa shape index (κ3) is 1.01. The SMILES string of the molecule is O=C(O)c1cnn2c(=O)[nH]c(=O)[nH]c12. The lowest BCUT2D eigenvalue weighted by atomic mass is 10.3. The minimum absolute atomic E-state index is 0.133. The summed E-state index contributed by atoms with van der Waals surface area (Å²) in [5, 5.41) is 12.2. The number of hydrogen-bond acceptors (Lipinski definition) is 4. The Morgan fingerprint density at radius 3 is 2.79 bits per heavy atom. The van der Waals surface area contributed by atoms with Crippen molar-refractivity contribution in [2.75, 3.05) is 0 Å². The molecule has 0 amide bonds. The standard InChI is InChI=1S/C6H4N4O4/c11-4(12)2-1-7-10-3(2)8-5(13)9-6(10)14/h1H,(H,11,12)(H2,8,9,13,14). The molecular formula is C6H4N4O4. The molecule has 0 saturated heterocycles. The summed E-state index contributed by atoms with van der Waals surface area (Å²) in [6.07, 6.45) is 0.989. The summed E-state index contributed by atoms with van der Waals surface area (Å²) in [5.41, 5.74) is -1.92. The van der Waals surface area contributed by atoms with E-state index in [2.05, 4.69) is 10.1 Å². The van der Waals surface area contributed by atoms with Crippen molar-refractivity contribution >= 4 is 11.6 Å². The second kappa shape index (κ2) is 2.55. The zero-order valence-electron chi connectivity index (χ0n) is 6.64. The summed E-state index contributed by atoms with van der Waals surface area (Å²) in [6.45, 7) is 0. The zero-order chi connectivity index (χ0) is 10.3. The molecule has 0 spiro atoms. The second-order valence-corrected chi connectivity index (χ2v) is 2.51. The van der Waals surface area contributed by atoms with Crippen LogP contribution in [0.2, 0.25) is 0 Å². The molecule has 3 N–H and O–H groups in total. The Labute approximate surface area is 74.8 Å². The van der Waals surface area contributed by atoms with Gasteiger partial charge in [0.2, 0.25) is 0 Å². The van der Waals surface area contributed by atoms with Crippen molar-refractivity contribution in [1.82, 2.24) is 19.6 Å². The highest BCUT2D eigenvalue weighted by Gasteiger charge is 2.13. The van der Waals surface area contributed by atoms with Crippen LogP contribution in [0.3, 0.4) is 0 Å². The van der Waals surface area contributed by atoms with E-state index < -0.39 is 17.3 Å². The number of fused-ring (bicyclic) bond motifs is 1. The number of carboxylic acid groups (broad SMARTS) is 1. The van der Waals surface area contributed by atoms with Crippen LogP contribution in [0.15, 0.2) is 15.8 Å². The van der Waals surface area contributed by atoms with Crippen molar-refractivity contribution in [3.05, 3.63) is 32.7 Å². The minimum Gasteiger partial charge on any atom is -0.477 e. The van der Waals surface area contributed by atoms with E-state index in [0.717, 1.165) is 10.7 Å². The molecule has 0 unspecified atom stereocenters. The maximum atomic E-state index is 11.1. The molecule has 2 rings (SSSR count). The molecule has 2 aromatic heterocycles. The lowest BCUT2D eigenvalue weighted by molar-refractivity contribution is 0.0699. The quantitative estimate of drug-likeness (QED) is 0.507. The number of nitrogens with zero attached hydrogens (tertiary/aromatic N) is 2. The molecule has 0 bridgehead atoms. The number of rotatable bonds is 1. The fraction of sp³-hybridized carbons (Fsp3) is 0. The third-order valence-electron chi connectivity index (χ3n) is 1.64. The van der Waals surface area contributed by atoms with E-state index in [4.69, 9.17) is 5.11 Å². The molecule has 0 saturated carbocycles. The lowest BCUT2D eigenvalue weighted by Crippen LogP contribution is -2.28. The van der Waals surface area contributed by atoms with Gasteiger partial charge in [0.15, 0.2) is 5.65 Å². The highest BCUT2D eigenvalue weighted by molar-refractivity contribution is 5.93. The average Bonchev–Trinajstić information content (AvgIpc) is 2.47. The van der Waals surface area contributed by atoms with E-state index in [9.17, 15) is 14.4 Å². The molecule has 2 aromatic rings. The Morgan fingerprint density at radius 1 is 1.43 bits per heavy atom. The number of hydrogen-bond donors (Lipinski definition) is 3. The third-order valence-corrected chi connectivity index (χ3v) is 1.64. The molecule has 0 atom stereocenters. The normalized spacial score (nSPS) is 10.6. The van der Waals surface area contributed by atoms with E-state index in [0.29, 0.717) is 0 Å². The zero-order valence-corrected chi connectivity index (χ0v) is 6.64. The largest absolute Gasteiger partial charge is 0.477 e. The van der Waals surface area contributed by atoms with Gasteiger partial charge in [0.1, 0.15) is 5.56 Å². The van der Waals surface area contributed by atoms with Crippen molar-refractivity contribution in [2.24, 2.45) is 0 Å². The van der Waals surface area contributed by atoms with Crippen molar-refractivity contribution in [2.45, 2.75) is 0 Å². The number of carbonyl (C=O) groups is 1. The van der Waals surface area contributed by atoms with E-state index in [-0.39, 0.29) is 11.2 Å². The van der Waals surface area contributed by atoms with Crippen LogP contribution < -0.4 is 11.4 Å². The first kappa shape index (κ1) is 8.23. The summed E-state index contributed by atoms with van der Waals surface area (Å²) in [6, 6.07) is 0. The smallest absolute Gasteiger partial charge is 0.352 e. The van der Waals surface area contributed by atoms with Gasteiger partial charge in [-0.05, 0) is 0 Å². The van der Waals surface area contributed by atoms with Gasteiger partial charge < -0.3 is 5.11 Å². The van der Waals surface area contributed by atoms with Gasteiger partial charge in [-0.15, -0.1) is 0 Å². The Balaban J connectivity index is 3.00. The lowest BCUT2D eigenvalue weighted by Gasteiger charge is -1.91. The molecule has 14 heavy (non-hydrogen) atoms. The molecule has 0 radical (unpaired) electrons. The highest BCUT2D eigenvalue weighted by atomic mass is 16.4. The van der Waals surface area contributed by atoms with Gasteiger partial charge in [-0.2, -0.15) is 9.61 Å². The summed E-state index contributed by atoms with van der Waals surface area (Å²) in [5.74, 6) is -1.26. The molecule has 0 aliphatic carbocycles. The molecule has 0 aliphatic heterocycles. The van der Waals surface area contributed by atoms with Crippen LogP contribution in [0.25, 0.3) is 5.65 Å².